The van der Waals surface area contributed by atoms with Crippen molar-refractivity contribution in [2.24, 2.45) is 11.7 Å². The van der Waals surface area contributed by atoms with E-state index in [1.54, 1.807) is 0 Å². The second-order valence-electron chi connectivity index (χ2n) is 4.79. The lowest BCUT2D eigenvalue weighted by Crippen LogP contribution is -2.24. The van der Waals surface area contributed by atoms with Crippen molar-refractivity contribution in [3.8, 4) is 0 Å². The van der Waals surface area contributed by atoms with Gasteiger partial charge in [-0.3, -0.25) is 0 Å². The zero-order valence-electron chi connectivity index (χ0n) is 10.0. The highest BCUT2D eigenvalue weighted by atomic mass is 16.5. The summed E-state index contributed by atoms with van der Waals surface area (Å²) in [6.07, 6.45) is 1.66. The number of nitrogens with two attached hydrogens (primary N) is 1. The van der Waals surface area contributed by atoms with Gasteiger partial charge in [0.2, 0.25) is 5.89 Å². The van der Waals surface area contributed by atoms with Crippen LogP contribution in [0.4, 0.5) is 0 Å². The predicted octanol–water partition coefficient (Wildman–Crippen LogP) is 2.11. The minimum Gasteiger partial charge on any atom is -0.339 e. The van der Waals surface area contributed by atoms with Crippen LogP contribution in [0, 0.1) is 5.92 Å². The Hall–Kier alpha value is -0.900. The number of nitrogens with zero attached hydrogens (tertiary/aromatic N) is 2. The van der Waals surface area contributed by atoms with Crippen LogP contribution in [0.1, 0.15) is 51.7 Å². The number of hydrogen-bond donors (Lipinski definition) is 1. The van der Waals surface area contributed by atoms with E-state index in [-0.39, 0.29) is 6.04 Å². The highest BCUT2D eigenvalue weighted by molar-refractivity contribution is 4.93. The standard InChI is InChI=1S/C11H21N3O/c1-7(2)5-9(12)6-10-13-11(8(3)4)14-15-10/h7-9H,5-6,12H2,1-4H3. The average molecular weight is 211 g/mol. The van der Waals surface area contributed by atoms with Gasteiger partial charge in [0, 0.05) is 18.4 Å². The molecule has 0 aliphatic carbocycles. The van der Waals surface area contributed by atoms with E-state index in [4.69, 9.17) is 10.3 Å². The summed E-state index contributed by atoms with van der Waals surface area (Å²) in [5, 5.41) is 3.91. The highest BCUT2D eigenvalue weighted by Gasteiger charge is 2.13. The third-order valence-electron chi connectivity index (χ3n) is 2.21. The van der Waals surface area contributed by atoms with Crippen molar-refractivity contribution < 1.29 is 4.52 Å². The SMILES string of the molecule is CC(C)CC(N)Cc1nc(C(C)C)no1. The van der Waals surface area contributed by atoms with Crippen LogP contribution in [-0.4, -0.2) is 16.2 Å². The van der Waals surface area contributed by atoms with E-state index in [0.29, 0.717) is 24.1 Å². The van der Waals surface area contributed by atoms with Crippen molar-refractivity contribution in [1.29, 1.82) is 0 Å². The van der Waals surface area contributed by atoms with Crippen LogP contribution in [-0.2, 0) is 6.42 Å². The predicted molar refractivity (Wildman–Crippen MR) is 59.5 cm³/mol. The minimum absolute atomic E-state index is 0.116. The van der Waals surface area contributed by atoms with Crippen LogP contribution in [0.5, 0.6) is 0 Å². The molecule has 0 saturated heterocycles. The maximum atomic E-state index is 5.96. The summed E-state index contributed by atoms with van der Waals surface area (Å²) >= 11 is 0. The van der Waals surface area contributed by atoms with Gasteiger partial charge < -0.3 is 10.3 Å². The molecule has 1 aromatic heterocycles. The highest BCUT2D eigenvalue weighted by Crippen LogP contribution is 2.12. The van der Waals surface area contributed by atoms with Gasteiger partial charge in [0.1, 0.15) is 0 Å². The molecule has 0 fully saturated rings. The first kappa shape index (κ1) is 12.2. The topological polar surface area (TPSA) is 64.9 Å². The molecule has 0 spiro atoms. The van der Waals surface area contributed by atoms with E-state index < -0.39 is 0 Å². The molecule has 4 nitrogen and oxygen atoms in total. The molecular formula is C11H21N3O. The van der Waals surface area contributed by atoms with Gasteiger partial charge in [0.05, 0.1) is 0 Å². The van der Waals surface area contributed by atoms with Gasteiger partial charge in [-0.2, -0.15) is 4.98 Å². The van der Waals surface area contributed by atoms with Crippen molar-refractivity contribution in [1.82, 2.24) is 10.1 Å². The van der Waals surface area contributed by atoms with Crippen LogP contribution < -0.4 is 5.73 Å². The maximum absolute atomic E-state index is 5.96. The van der Waals surface area contributed by atoms with E-state index in [1.165, 1.54) is 0 Å². The molecule has 4 heteroatoms. The lowest BCUT2D eigenvalue weighted by Gasteiger charge is -2.10. The second kappa shape index (κ2) is 5.26. The molecule has 0 aliphatic heterocycles. The van der Waals surface area contributed by atoms with E-state index >= 15 is 0 Å². The molecule has 0 aromatic carbocycles. The van der Waals surface area contributed by atoms with Gasteiger partial charge in [0.25, 0.3) is 0 Å². The normalized spacial score (nSPS) is 13.8. The first-order valence-corrected chi connectivity index (χ1v) is 5.57. The number of aromatic nitrogens is 2. The Bertz CT molecular complexity index is 294. The van der Waals surface area contributed by atoms with Crippen LogP contribution >= 0.6 is 0 Å². The molecule has 0 radical (unpaired) electrons. The summed E-state index contributed by atoms with van der Waals surface area (Å²) in [6, 6.07) is 0.116. The molecule has 1 atom stereocenters. The summed E-state index contributed by atoms with van der Waals surface area (Å²) in [4.78, 5) is 4.30. The van der Waals surface area contributed by atoms with Crippen molar-refractivity contribution in [3.05, 3.63) is 11.7 Å². The molecule has 0 aliphatic rings. The Morgan fingerprint density at radius 2 is 1.93 bits per heavy atom. The van der Waals surface area contributed by atoms with Crippen LogP contribution in [0.15, 0.2) is 4.52 Å². The molecule has 15 heavy (non-hydrogen) atoms. The quantitative estimate of drug-likeness (QED) is 0.810. The molecule has 1 heterocycles. The monoisotopic (exact) mass is 211 g/mol. The van der Waals surface area contributed by atoms with Crippen LogP contribution in [0.3, 0.4) is 0 Å². The molecule has 1 rings (SSSR count). The van der Waals surface area contributed by atoms with E-state index in [9.17, 15) is 0 Å². The molecule has 1 unspecified atom stereocenters. The largest absolute Gasteiger partial charge is 0.339 e. The third-order valence-corrected chi connectivity index (χ3v) is 2.21. The fourth-order valence-corrected chi connectivity index (χ4v) is 1.50. The minimum atomic E-state index is 0.116. The smallest absolute Gasteiger partial charge is 0.228 e. The van der Waals surface area contributed by atoms with Crippen LogP contribution in [0.2, 0.25) is 0 Å². The molecule has 0 amide bonds. The van der Waals surface area contributed by atoms with Crippen molar-refractivity contribution >= 4 is 0 Å². The molecule has 0 saturated carbocycles. The Labute approximate surface area is 91.2 Å². The van der Waals surface area contributed by atoms with Gasteiger partial charge in [-0.15, -0.1) is 0 Å². The lowest BCUT2D eigenvalue weighted by atomic mass is 10.0. The lowest BCUT2D eigenvalue weighted by molar-refractivity contribution is 0.354. The number of hydrogen-bond acceptors (Lipinski definition) is 4. The van der Waals surface area contributed by atoms with Crippen LogP contribution in [0.25, 0.3) is 0 Å². The molecule has 0 bridgehead atoms. The van der Waals surface area contributed by atoms with Gasteiger partial charge in [-0.05, 0) is 12.3 Å². The Balaban J connectivity index is 2.49. The van der Waals surface area contributed by atoms with Gasteiger partial charge in [-0.1, -0.05) is 32.9 Å². The van der Waals surface area contributed by atoms with E-state index in [1.807, 2.05) is 13.8 Å². The number of rotatable bonds is 5. The fourth-order valence-electron chi connectivity index (χ4n) is 1.50. The summed E-state index contributed by atoms with van der Waals surface area (Å²) in [5.41, 5.74) is 5.96. The Kier molecular flexibility index (Phi) is 4.27. The van der Waals surface area contributed by atoms with E-state index in [2.05, 4.69) is 24.0 Å². The van der Waals surface area contributed by atoms with Crippen molar-refractivity contribution in [2.45, 2.75) is 52.5 Å². The van der Waals surface area contributed by atoms with Crippen molar-refractivity contribution in [2.75, 3.05) is 0 Å². The third kappa shape index (κ3) is 4.00. The van der Waals surface area contributed by atoms with E-state index in [0.717, 1.165) is 12.2 Å². The molecular weight excluding hydrogens is 190 g/mol. The Morgan fingerprint density at radius 1 is 1.27 bits per heavy atom. The van der Waals surface area contributed by atoms with Gasteiger partial charge in [0.15, 0.2) is 5.82 Å². The average Bonchev–Trinajstić information content (AvgIpc) is 2.50. The molecule has 1 aromatic rings. The summed E-state index contributed by atoms with van der Waals surface area (Å²) in [5.74, 6) is 2.34. The van der Waals surface area contributed by atoms with Gasteiger partial charge >= 0.3 is 0 Å². The fraction of sp³-hybridized carbons (Fsp3) is 0.818. The summed E-state index contributed by atoms with van der Waals surface area (Å²) in [7, 11) is 0. The maximum Gasteiger partial charge on any atom is 0.228 e. The zero-order valence-corrected chi connectivity index (χ0v) is 10.0. The first-order chi connectivity index (χ1) is 6.99. The summed E-state index contributed by atoms with van der Waals surface area (Å²) in [6.45, 7) is 8.41. The summed E-state index contributed by atoms with van der Waals surface area (Å²) < 4.78 is 5.14. The molecule has 86 valence electrons. The zero-order chi connectivity index (χ0) is 11.4. The molecule has 2 N–H and O–H groups in total. The van der Waals surface area contributed by atoms with Gasteiger partial charge in [-0.25, -0.2) is 0 Å². The van der Waals surface area contributed by atoms with Crippen molar-refractivity contribution in [3.63, 3.8) is 0 Å². The Morgan fingerprint density at radius 3 is 2.40 bits per heavy atom. The second-order valence-corrected chi connectivity index (χ2v) is 4.79. The first-order valence-electron chi connectivity index (χ1n) is 5.57.